The largest absolute Gasteiger partial charge is 0.375 e. The van der Waals surface area contributed by atoms with Gasteiger partial charge in [-0.25, -0.2) is 0 Å². The number of amides is 1. The van der Waals surface area contributed by atoms with E-state index in [1.54, 1.807) is 26.0 Å². The maximum absolute atomic E-state index is 11.7. The van der Waals surface area contributed by atoms with Crippen molar-refractivity contribution in [2.75, 3.05) is 34.3 Å². The van der Waals surface area contributed by atoms with Crippen molar-refractivity contribution >= 4 is 35.8 Å². The third-order valence-electron chi connectivity index (χ3n) is 4.73. The van der Waals surface area contributed by atoms with Gasteiger partial charge in [0.2, 0.25) is 5.91 Å². The lowest BCUT2D eigenvalue weighted by molar-refractivity contribution is -0.127. The first-order valence-electron chi connectivity index (χ1n) is 8.36. The summed E-state index contributed by atoms with van der Waals surface area (Å²) in [6.45, 7) is 1.08. The van der Waals surface area contributed by atoms with E-state index in [4.69, 9.17) is 4.74 Å². The van der Waals surface area contributed by atoms with Crippen molar-refractivity contribution in [1.82, 2.24) is 15.5 Å². The summed E-state index contributed by atoms with van der Waals surface area (Å²) in [6.07, 6.45) is 8.26. The summed E-state index contributed by atoms with van der Waals surface area (Å²) in [6, 6.07) is 0.368. The maximum atomic E-state index is 11.7. The molecule has 1 aliphatic heterocycles. The van der Waals surface area contributed by atoms with E-state index in [9.17, 15) is 4.79 Å². The Hall–Kier alpha value is -0.570. The number of nitrogens with one attached hydrogen (secondary N) is 2. The van der Waals surface area contributed by atoms with Gasteiger partial charge in [0.15, 0.2) is 5.96 Å². The van der Waals surface area contributed by atoms with Gasteiger partial charge < -0.3 is 20.3 Å². The fourth-order valence-corrected chi connectivity index (χ4v) is 3.40. The number of carbonyl (C=O) groups is 1. The first-order chi connectivity index (χ1) is 10.5. The minimum atomic E-state index is 0. The molecule has 0 aromatic heterocycles. The van der Waals surface area contributed by atoms with E-state index in [0.717, 1.165) is 19.4 Å². The van der Waals surface area contributed by atoms with Crippen LogP contribution in [0.2, 0.25) is 0 Å². The molecule has 1 aliphatic carbocycles. The number of ether oxygens (including phenoxy) is 1. The van der Waals surface area contributed by atoms with Gasteiger partial charge in [0.25, 0.3) is 0 Å². The Morgan fingerprint density at radius 1 is 1.30 bits per heavy atom. The van der Waals surface area contributed by atoms with Crippen LogP contribution in [0.5, 0.6) is 0 Å². The first-order valence-corrected chi connectivity index (χ1v) is 8.36. The Morgan fingerprint density at radius 2 is 2.00 bits per heavy atom. The lowest BCUT2D eigenvalue weighted by atomic mass is 9.78. The Labute approximate surface area is 156 Å². The second kappa shape index (κ2) is 9.66. The molecule has 1 unspecified atom stereocenters. The molecular formula is C16H31IN4O2. The molecule has 1 saturated carbocycles. The van der Waals surface area contributed by atoms with Crippen molar-refractivity contribution in [3.8, 4) is 0 Å². The molecule has 0 bridgehead atoms. The molecule has 0 radical (unpaired) electrons. The van der Waals surface area contributed by atoms with Gasteiger partial charge in [-0.1, -0.05) is 19.3 Å². The van der Waals surface area contributed by atoms with E-state index < -0.39 is 0 Å². The molecule has 2 N–H and O–H groups in total. The number of hydrogen-bond donors (Lipinski definition) is 2. The standard InChI is InChI=1S/C16H30N4O2.HI/c1-17-15(18-12-14(21)20(2)3)19-13-7-10-22-16(11-13)8-5-4-6-9-16;/h13H,4-12H2,1-3H3,(H2,17,18,19);1H. The van der Waals surface area contributed by atoms with Crippen LogP contribution in [0.25, 0.3) is 0 Å². The second-order valence-electron chi connectivity index (χ2n) is 6.64. The highest BCUT2D eigenvalue weighted by molar-refractivity contribution is 14.0. The number of aliphatic imine (C=N–C) groups is 1. The molecule has 7 heteroatoms. The molecular weight excluding hydrogens is 407 g/mol. The number of likely N-dealkylation sites (N-methyl/N-ethyl adjacent to an activating group) is 1. The highest BCUT2D eigenvalue weighted by atomic mass is 127. The molecule has 1 amide bonds. The fraction of sp³-hybridized carbons (Fsp3) is 0.875. The van der Waals surface area contributed by atoms with E-state index in [1.165, 1.54) is 32.1 Å². The average Bonchev–Trinajstić information content (AvgIpc) is 2.51. The van der Waals surface area contributed by atoms with E-state index >= 15 is 0 Å². The fourth-order valence-electron chi connectivity index (χ4n) is 3.40. The van der Waals surface area contributed by atoms with E-state index in [2.05, 4.69) is 15.6 Å². The number of guanidine groups is 1. The number of hydrogen-bond acceptors (Lipinski definition) is 3. The van der Waals surface area contributed by atoms with E-state index in [-0.39, 0.29) is 42.0 Å². The predicted octanol–water partition coefficient (Wildman–Crippen LogP) is 1.74. The van der Waals surface area contributed by atoms with Crippen LogP contribution in [0.4, 0.5) is 0 Å². The van der Waals surface area contributed by atoms with Gasteiger partial charge in [-0.15, -0.1) is 24.0 Å². The third-order valence-corrected chi connectivity index (χ3v) is 4.73. The third kappa shape index (κ3) is 6.10. The molecule has 2 aliphatic rings. The molecule has 1 heterocycles. The Balaban J connectivity index is 0.00000264. The van der Waals surface area contributed by atoms with Crippen LogP contribution in [0.1, 0.15) is 44.9 Å². The summed E-state index contributed by atoms with van der Waals surface area (Å²) in [5.74, 6) is 0.742. The van der Waals surface area contributed by atoms with Gasteiger partial charge in [-0.3, -0.25) is 9.79 Å². The molecule has 1 atom stereocenters. The predicted molar refractivity (Wildman–Crippen MR) is 103 cm³/mol. The molecule has 2 fully saturated rings. The van der Waals surface area contributed by atoms with Crippen LogP contribution in [-0.2, 0) is 9.53 Å². The first kappa shape index (κ1) is 20.5. The summed E-state index contributed by atoms with van der Waals surface area (Å²) in [5, 5.41) is 6.56. The number of carbonyl (C=O) groups excluding carboxylic acids is 1. The molecule has 1 spiro atoms. The molecule has 0 aromatic carbocycles. The average molecular weight is 438 g/mol. The Kier molecular flexibility index (Phi) is 8.60. The van der Waals surface area contributed by atoms with Crippen molar-refractivity contribution in [2.24, 2.45) is 4.99 Å². The topological polar surface area (TPSA) is 66.0 Å². The smallest absolute Gasteiger partial charge is 0.241 e. The van der Waals surface area contributed by atoms with Crippen molar-refractivity contribution in [3.05, 3.63) is 0 Å². The van der Waals surface area contributed by atoms with Gasteiger partial charge in [-0.05, 0) is 25.7 Å². The normalized spacial score (nSPS) is 23.8. The van der Waals surface area contributed by atoms with Crippen LogP contribution in [-0.4, -0.2) is 62.7 Å². The van der Waals surface area contributed by atoms with Crippen LogP contribution in [0, 0.1) is 0 Å². The van der Waals surface area contributed by atoms with Crippen LogP contribution in [0.15, 0.2) is 4.99 Å². The molecule has 2 rings (SSSR count). The lowest BCUT2D eigenvalue weighted by Gasteiger charge is -2.43. The molecule has 6 nitrogen and oxygen atoms in total. The zero-order valence-corrected chi connectivity index (χ0v) is 16.9. The highest BCUT2D eigenvalue weighted by Crippen LogP contribution is 2.38. The van der Waals surface area contributed by atoms with Gasteiger partial charge in [0.1, 0.15) is 0 Å². The van der Waals surface area contributed by atoms with Crippen molar-refractivity contribution in [1.29, 1.82) is 0 Å². The van der Waals surface area contributed by atoms with Gasteiger partial charge in [-0.2, -0.15) is 0 Å². The van der Waals surface area contributed by atoms with Crippen molar-refractivity contribution < 1.29 is 9.53 Å². The van der Waals surface area contributed by atoms with E-state index in [0.29, 0.717) is 12.0 Å². The summed E-state index contributed by atoms with van der Waals surface area (Å²) in [7, 11) is 5.25. The molecule has 23 heavy (non-hydrogen) atoms. The zero-order valence-electron chi connectivity index (χ0n) is 14.6. The van der Waals surface area contributed by atoms with Crippen LogP contribution in [0.3, 0.4) is 0 Å². The number of rotatable bonds is 3. The van der Waals surface area contributed by atoms with Crippen LogP contribution < -0.4 is 10.6 Å². The highest BCUT2D eigenvalue weighted by Gasteiger charge is 2.38. The summed E-state index contributed by atoms with van der Waals surface area (Å²) in [5.41, 5.74) is 0.0759. The number of halogens is 1. The van der Waals surface area contributed by atoms with Gasteiger partial charge >= 0.3 is 0 Å². The second-order valence-corrected chi connectivity index (χ2v) is 6.64. The zero-order chi connectivity index (χ0) is 16.0. The summed E-state index contributed by atoms with van der Waals surface area (Å²) in [4.78, 5) is 17.5. The summed E-state index contributed by atoms with van der Waals surface area (Å²) < 4.78 is 6.12. The van der Waals surface area contributed by atoms with E-state index in [1.807, 2.05) is 0 Å². The van der Waals surface area contributed by atoms with Gasteiger partial charge in [0, 0.05) is 33.8 Å². The maximum Gasteiger partial charge on any atom is 0.241 e. The SMILES string of the molecule is CN=C(NCC(=O)N(C)C)NC1CCOC2(CCCCC2)C1.I. The quantitative estimate of drug-likeness (QED) is 0.400. The minimum Gasteiger partial charge on any atom is -0.375 e. The van der Waals surface area contributed by atoms with Crippen molar-refractivity contribution in [3.63, 3.8) is 0 Å². The molecule has 0 aromatic rings. The van der Waals surface area contributed by atoms with Crippen LogP contribution >= 0.6 is 24.0 Å². The monoisotopic (exact) mass is 438 g/mol. The Morgan fingerprint density at radius 3 is 2.61 bits per heavy atom. The van der Waals surface area contributed by atoms with Crippen molar-refractivity contribution in [2.45, 2.75) is 56.6 Å². The molecule has 134 valence electrons. The summed E-state index contributed by atoms with van der Waals surface area (Å²) >= 11 is 0. The Bertz CT molecular complexity index is 403. The number of nitrogens with zero attached hydrogens (tertiary/aromatic N) is 2. The van der Waals surface area contributed by atoms with Gasteiger partial charge in [0.05, 0.1) is 12.1 Å². The molecule has 1 saturated heterocycles. The minimum absolute atomic E-state index is 0. The lowest BCUT2D eigenvalue weighted by Crippen LogP contribution is -2.52.